The predicted molar refractivity (Wildman–Crippen MR) is 92.1 cm³/mol. The number of rotatable bonds is 1. The minimum Gasteiger partial charge on any atom is -0.268 e. The third-order valence-corrected chi connectivity index (χ3v) is 4.40. The Morgan fingerprint density at radius 3 is 2.59 bits per heavy atom. The molecule has 0 fully saturated rings. The van der Waals surface area contributed by atoms with Crippen molar-refractivity contribution >= 4 is 32.5 Å². The number of hydrogen-bond donors (Lipinski definition) is 0. The number of para-hydroxylation sites is 1. The second kappa shape index (κ2) is 5.07. The Balaban J connectivity index is 2.04. The molecule has 0 amide bonds. The Labute approximate surface area is 135 Å². The average Bonchev–Trinajstić information content (AvgIpc) is 2.55. The smallest absolute Gasteiger partial charge is 0.265 e. The van der Waals surface area contributed by atoms with E-state index in [1.807, 2.05) is 54.6 Å². The highest BCUT2D eigenvalue weighted by Crippen LogP contribution is 2.28. The van der Waals surface area contributed by atoms with E-state index in [0.29, 0.717) is 11.0 Å². The van der Waals surface area contributed by atoms with Crippen molar-refractivity contribution in [2.45, 2.75) is 0 Å². The number of nitrogens with zero attached hydrogens (tertiary/aromatic N) is 2. The summed E-state index contributed by atoms with van der Waals surface area (Å²) in [6, 6.07) is 19.3. The summed E-state index contributed by atoms with van der Waals surface area (Å²) < 4.78 is 2.60. The zero-order valence-corrected chi connectivity index (χ0v) is 13.1. The topological polar surface area (TPSA) is 34.4 Å². The molecule has 3 nitrogen and oxygen atoms in total. The van der Waals surface area contributed by atoms with Crippen molar-refractivity contribution in [3.05, 3.63) is 81.7 Å². The number of pyridine rings is 1. The highest BCUT2D eigenvalue weighted by atomic mass is 79.9. The molecule has 0 radical (unpaired) electrons. The van der Waals surface area contributed by atoms with Crippen molar-refractivity contribution < 1.29 is 0 Å². The van der Waals surface area contributed by atoms with Gasteiger partial charge in [-0.15, -0.1) is 0 Å². The first-order valence-corrected chi connectivity index (χ1v) is 7.69. The molecule has 2 aromatic carbocycles. The highest BCUT2D eigenvalue weighted by molar-refractivity contribution is 9.10. The zero-order chi connectivity index (χ0) is 15.1. The van der Waals surface area contributed by atoms with E-state index in [1.165, 1.54) is 0 Å². The van der Waals surface area contributed by atoms with Gasteiger partial charge in [0.2, 0.25) is 0 Å². The Hall–Kier alpha value is -2.46. The van der Waals surface area contributed by atoms with Gasteiger partial charge in [-0.1, -0.05) is 46.3 Å². The SMILES string of the molecule is O=c1c2ccccc2nc2cc(-c3ccccc3Br)ccn12. The number of benzene rings is 2. The van der Waals surface area contributed by atoms with E-state index in [-0.39, 0.29) is 5.56 Å². The molecule has 4 aromatic rings. The van der Waals surface area contributed by atoms with Crippen molar-refractivity contribution in [3.8, 4) is 11.1 Å². The Morgan fingerprint density at radius 2 is 1.73 bits per heavy atom. The molecule has 0 saturated heterocycles. The lowest BCUT2D eigenvalue weighted by atomic mass is 10.1. The summed E-state index contributed by atoms with van der Waals surface area (Å²) in [5.74, 6) is 0. The summed E-state index contributed by atoms with van der Waals surface area (Å²) in [6.07, 6.45) is 1.78. The minimum atomic E-state index is -0.0423. The van der Waals surface area contributed by atoms with E-state index >= 15 is 0 Å². The van der Waals surface area contributed by atoms with E-state index < -0.39 is 0 Å². The quantitative estimate of drug-likeness (QED) is 0.480. The van der Waals surface area contributed by atoms with Crippen LogP contribution in [0.1, 0.15) is 0 Å². The maximum atomic E-state index is 12.5. The molecule has 0 atom stereocenters. The summed E-state index contributed by atoms with van der Waals surface area (Å²) >= 11 is 3.56. The molecule has 0 saturated carbocycles. The number of hydrogen-bond acceptors (Lipinski definition) is 2. The van der Waals surface area contributed by atoms with Crippen molar-refractivity contribution in [3.63, 3.8) is 0 Å². The first kappa shape index (κ1) is 13.2. The highest BCUT2D eigenvalue weighted by Gasteiger charge is 2.07. The number of halogens is 1. The fraction of sp³-hybridized carbons (Fsp3) is 0. The van der Waals surface area contributed by atoms with Gasteiger partial charge in [-0.3, -0.25) is 9.20 Å². The van der Waals surface area contributed by atoms with Crippen LogP contribution in [0.3, 0.4) is 0 Å². The lowest BCUT2D eigenvalue weighted by molar-refractivity contribution is 1.08. The molecular weight excluding hydrogens is 340 g/mol. The third kappa shape index (κ3) is 2.04. The summed E-state index contributed by atoms with van der Waals surface area (Å²) in [5.41, 5.74) is 3.43. The van der Waals surface area contributed by atoms with Crippen molar-refractivity contribution in [2.24, 2.45) is 0 Å². The predicted octanol–water partition coefficient (Wildman–Crippen LogP) is 4.28. The first-order chi connectivity index (χ1) is 10.7. The van der Waals surface area contributed by atoms with Crippen molar-refractivity contribution in [1.82, 2.24) is 9.38 Å². The van der Waals surface area contributed by atoms with E-state index in [9.17, 15) is 4.79 Å². The molecule has 0 aliphatic rings. The van der Waals surface area contributed by atoms with Crippen LogP contribution in [-0.4, -0.2) is 9.38 Å². The molecule has 0 aliphatic heterocycles. The minimum absolute atomic E-state index is 0.0423. The molecule has 0 spiro atoms. The maximum absolute atomic E-state index is 12.5. The van der Waals surface area contributed by atoms with Crippen LogP contribution >= 0.6 is 15.9 Å². The van der Waals surface area contributed by atoms with Gasteiger partial charge < -0.3 is 0 Å². The second-order valence-electron chi connectivity index (χ2n) is 5.06. The van der Waals surface area contributed by atoms with Gasteiger partial charge in [-0.25, -0.2) is 4.98 Å². The van der Waals surface area contributed by atoms with Crippen LogP contribution in [0.4, 0.5) is 0 Å². The van der Waals surface area contributed by atoms with Gasteiger partial charge in [0.05, 0.1) is 10.9 Å². The van der Waals surface area contributed by atoms with E-state index in [4.69, 9.17) is 0 Å². The summed E-state index contributed by atoms with van der Waals surface area (Å²) in [5, 5.41) is 0.633. The molecule has 2 aromatic heterocycles. The summed E-state index contributed by atoms with van der Waals surface area (Å²) in [6.45, 7) is 0. The van der Waals surface area contributed by atoms with Gasteiger partial charge in [0, 0.05) is 10.7 Å². The Bertz CT molecular complexity index is 1070. The van der Waals surface area contributed by atoms with Gasteiger partial charge in [0.1, 0.15) is 5.65 Å². The van der Waals surface area contributed by atoms with Crippen LogP contribution in [-0.2, 0) is 0 Å². The largest absolute Gasteiger partial charge is 0.268 e. The normalized spacial score (nSPS) is 11.1. The zero-order valence-electron chi connectivity index (χ0n) is 11.5. The van der Waals surface area contributed by atoms with Crippen LogP contribution in [0.25, 0.3) is 27.7 Å². The molecule has 106 valence electrons. The van der Waals surface area contributed by atoms with Gasteiger partial charge >= 0.3 is 0 Å². The molecule has 4 heteroatoms. The van der Waals surface area contributed by atoms with Crippen LogP contribution in [0.2, 0.25) is 0 Å². The lowest BCUT2D eigenvalue weighted by Crippen LogP contribution is -2.14. The summed E-state index contributed by atoms with van der Waals surface area (Å²) in [7, 11) is 0. The number of aromatic nitrogens is 2. The van der Waals surface area contributed by atoms with Crippen LogP contribution in [0.15, 0.2) is 76.1 Å². The molecule has 0 bridgehead atoms. The monoisotopic (exact) mass is 350 g/mol. The maximum Gasteiger partial charge on any atom is 0.265 e. The second-order valence-corrected chi connectivity index (χ2v) is 5.91. The standard InChI is InChI=1S/C18H11BrN2O/c19-15-7-3-1-5-13(15)12-9-10-21-17(11-12)20-16-8-4-2-6-14(16)18(21)22/h1-11H. The summed E-state index contributed by atoms with van der Waals surface area (Å²) in [4.78, 5) is 17.1. The van der Waals surface area contributed by atoms with E-state index in [1.54, 1.807) is 16.7 Å². The Morgan fingerprint density at radius 1 is 0.955 bits per heavy atom. The van der Waals surface area contributed by atoms with E-state index in [0.717, 1.165) is 21.1 Å². The molecule has 4 rings (SSSR count). The first-order valence-electron chi connectivity index (χ1n) is 6.90. The van der Waals surface area contributed by atoms with Crippen molar-refractivity contribution in [1.29, 1.82) is 0 Å². The lowest BCUT2D eigenvalue weighted by Gasteiger charge is -2.08. The van der Waals surface area contributed by atoms with E-state index in [2.05, 4.69) is 20.9 Å². The van der Waals surface area contributed by atoms with Crippen LogP contribution in [0.5, 0.6) is 0 Å². The molecule has 2 heterocycles. The third-order valence-electron chi connectivity index (χ3n) is 3.71. The molecular formula is C18H11BrN2O. The molecule has 0 unspecified atom stereocenters. The molecule has 22 heavy (non-hydrogen) atoms. The Kier molecular flexibility index (Phi) is 3.05. The molecule has 0 aliphatic carbocycles. The van der Waals surface area contributed by atoms with Gasteiger partial charge in [0.15, 0.2) is 0 Å². The fourth-order valence-electron chi connectivity index (χ4n) is 2.61. The number of fused-ring (bicyclic) bond motifs is 2. The van der Waals surface area contributed by atoms with Crippen molar-refractivity contribution in [2.75, 3.05) is 0 Å². The molecule has 0 N–H and O–H groups in total. The van der Waals surface area contributed by atoms with Crippen LogP contribution in [0, 0.1) is 0 Å². The van der Waals surface area contributed by atoms with Gasteiger partial charge in [-0.2, -0.15) is 0 Å². The van der Waals surface area contributed by atoms with Gasteiger partial charge in [0.25, 0.3) is 5.56 Å². The fourth-order valence-corrected chi connectivity index (χ4v) is 3.13. The average molecular weight is 351 g/mol. The van der Waals surface area contributed by atoms with Gasteiger partial charge in [-0.05, 0) is 41.5 Å². The van der Waals surface area contributed by atoms with Crippen LogP contribution < -0.4 is 5.56 Å².